The number of para-hydroxylation sites is 2. The third-order valence-electron chi connectivity index (χ3n) is 6.62. The number of benzene rings is 3. The van der Waals surface area contributed by atoms with Gasteiger partial charge >= 0.3 is 0 Å². The first-order valence-corrected chi connectivity index (χ1v) is 12.8. The average molecular weight is 496 g/mol. The van der Waals surface area contributed by atoms with Gasteiger partial charge < -0.3 is 19.5 Å². The lowest BCUT2D eigenvalue weighted by Crippen LogP contribution is -2.35. The number of nitrogens with zero attached hydrogens (tertiary/aromatic N) is 3. The fourth-order valence-electron chi connectivity index (χ4n) is 4.89. The molecule has 1 unspecified atom stereocenters. The molecule has 2 aromatic heterocycles. The van der Waals surface area contributed by atoms with Gasteiger partial charge in [-0.15, -0.1) is 0 Å². The van der Waals surface area contributed by atoms with Gasteiger partial charge in [0.2, 0.25) is 0 Å². The van der Waals surface area contributed by atoms with Crippen LogP contribution in [0, 0.1) is 0 Å². The number of aliphatic hydroxyl groups excluding tert-OH is 2. The lowest BCUT2D eigenvalue weighted by Gasteiger charge is -2.26. The molecule has 6 nitrogen and oxygen atoms in total. The largest absolute Gasteiger partial charge is 0.487 e. The second-order valence-corrected chi connectivity index (χ2v) is 9.36. The van der Waals surface area contributed by atoms with Gasteiger partial charge in [-0.3, -0.25) is 9.88 Å². The van der Waals surface area contributed by atoms with E-state index in [0.717, 1.165) is 28.0 Å². The predicted molar refractivity (Wildman–Crippen MR) is 147 cm³/mol. The Balaban J connectivity index is 1.25. The molecule has 0 spiro atoms. The van der Waals surface area contributed by atoms with Crippen molar-refractivity contribution in [2.45, 2.75) is 32.2 Å². The Morgan fingerprint density at radius 1 is 0.838 bits per heavy atom. The van der Waals surface area contributed by atoms with Gasteiger partial charge in [0.1, 0.15) is 12.4 Å². The SMILES string of the molecule is OCCCN(Cc1ccc(OCc2ccccn2)cc1)CC(O)Cn1c2ccccc2c2ccccc21. The second kappa shape index (κ2) is 12.0. The van der Waals surface area contributed by atoms with E-state index in [1.165, 1.54) is 10.8 Å². The number of pyridine rings is 1. The van der Waals surface area contributed by atoms with E-state index < -0.39 is 6.10 Å². The van der Waals surface area contributed by atoms with Crippen molar-refractivity contribution in [3.05, 3.63) is 108 Å². The first-order valence-electron chi connectivity index (χ1n) is 12.8. The minimum atomic E-state index is -0.557. The number of ether oxygens (including phenoxy) is 1. The lowest BCUT2D eigenvalue weighted by atomic mass is 10.2. The number of rotatable bonds is 12. The van der Waals surface area contributed by atoms with Gasteiger partial charge in [-0.05, 0) is 48.4 Å². The molecule has 1 atom stereocenters. The third kappa shape index (κ3) is 6.17. The van der Waals surface area contributed by atoms with E-state index in [1.807, 2.05) is 42.5 Å². The topological polar surface area (TPSA) is 70.8 Å². The Kier molecular flexibility index (Phi) is 8.11. The van der Waals surface area contributed by atoms with E-state index in [9.17, 15) is 10.2 Å². The van der Waals surface area contributed by atoms with Crippen molar-refractivity contribution in [1.82, 2.24) is 14.5 Å². The molecule has 0 amide bonds. The van der Waals surface area contributed by atoms with E-state index in [2.05, 4.69) is 63.0 Å². The van der Waals surface area contributed by atoms with Crippen LogP contribution in [-0.2, 0) is 19.7 Å². The van der Waals surface area contributed by atoms with Crippen molar-refractivity contribution in [3.8, 4) is 5.75 Å². The van der Waals surface area contributed by atoms with Crippen LogP contribution in [-0.4, -0.2) is 50.5 Å². The number of hydrogen-bond acceptors (Lipinski definition) is 5. The average Bonchev–Trinajstić information content (AvgIpc) is 3.25. The summed E-state index contributed by atoms with van der Waals surface area (Å²) in [5, 5.41) is 23.0. The summed E-state index contributed by atoms with van der Waals surface area (Å²) >= 11 is 0. The first-order chi connectivity index (χ1) is 18.2. The maximum Gasteiger partial charge on any atom is 0.130 e. The number of aliphatic hydroxyl groups is 2. The van der Waals surface area contributed by atoms with E-state index in [1.54, 1.807) is 6.20 Å². The second-order valence-electron chi connectivity index (χ2n) is 9.36. The Bertz CT molecular complexity index is 1360. The highest BCUT2D eigenvalue weighted by atomic mass is 16.5. The monoisotopic (exact) mass is 495 g/mol. The summed E-state index contributed by atoms with van der Waals surface area (Å²) in [5.74, 6) is 0.794. The Morgan fingerprint density at radius 2 is 1.51 bits per heavy atom. The molecule has 0 bridgehead atoms. The van der Waals surface area contributed by atoms with Crippen molar-refractivity contribution in [1.29, 1.82) is 0 Å². The highest BCUT2D eigenvalue weighted by molar-refractivity contribution is 6.07. The van der Waals surface area contributed by atoms with Crippen LogP contribution in [0.5, 0.6) is 5.75 Å². The summed E-state index contributed by atoms with van der Waals surface area (Å²) in [5.41, 5.74) is 4.28. The summed E-state index contributed by atoms with van der Waals surface area (Å²) in [4.78, 5) is 6.50. The molecule has 0 saturated carbocycles. The molecule has 0 aliphatic carbocycles. The van der Waals surface area contributed by atoms with Crippen LogP contribution in [0.3, 0.4) is 0 Å². The van der Waals surface area contributed by atoms with Crippen LogP contribution in [0.15, 0.2) is 97.2 Å². The van der Waals surface area contributed by atoms with Crippen LogP contribution < -0.4 is 4.74 Å². The third-order valence-corrected chi connectivity index (χ3v) is 6.62. The maximum atomic E-state index is 11.2. The standard InChI is InChI=1S/C31H33N3O3/c35-19-7-18-33(20-24-13-15-27(16-14-24)37-23-25-8-5-6-17-32-25)21-26(36)22-34-30-11-3-1-9-28(30)29-10-2-4-12-31(29)34/h1-6,8-17,26,35-36H,7,18-23H2. The van der Waals surface area contributed by atoms with Gasteiger partial charge in [-0.2, -0.15) is 0 Å². The zero-order chi connectivity index (χ0) is 25.5. The molecule has 0 aliphatic rings. The molecule has 5 aromatic rings. The van der Waals surface area contributed by atoms with Gasteiger partial charge in [0.05, 0.1) is 18.3 Å². The van der Waals surface area contributed by atoms with E-state index in [4.69, 9.17) is 4.74 Å². The summed E-state index contributed by atoms with van der Waals surface area (Å²) < 4.78 is 8.07. The summed E-state index contributed by atoms with van der Waals surface area (Å²) in [6.07, 6.45) is 1.87. The van der Waals surface area contributed by atoms with Crippen molar-refractivity contribution < 1.29 is 14.9 Å². The van der Waals surface area contributed by atoms with Crippen LogP contribution in [0.4, 0.5) is 0 Å². The quantitative estimate of drug-likeness (QED) is 0.255. The fraction of sp³-hybridized carbons (Fsp3) is 0.258. The van der Waals surface area contributed by atoms with Crippen LogP contribution >= 0.6 is 0 Å². The van der Waals surface area contributed by atoms with Crippen molar-refractivity contribution in [2.24, 2.45) is 0 Å². The molecule has 2 N–H and O–H groups in total. The molecule has 2 heterocycles. The zero-order valence-corrected chi connectivity index (χ0v) is 20.9. The smallest absolute Gasteiger partial charge is 0.130 e. The molecule has 6 heteroatoms. The van der Waals surface area contributed by atoms with Crippen LogP contribution in [0.25, 0.3) is 21.8 Å². The van der Waals surface area contributed by atoms with Crippen molar-refractivity contribution in [3.63, 3.8) is 0 Å². The number of fused-ring (bicyclic) bond motifs is 3. The van der Waals surface area contributed by atoms with Gasteiger partial charge in [-0.1, -0.05) is 54.6 Å². The minimum absolute atomic E-state index is 0.125. The minimum Gasteiger partial charge on any atom is -0.487 e. The Labute approximate surface area is 217 Å². The summed E-state index contributed by atoms with van der Waals surface area (Å²) in [6.45, 7) is 2.96. The van der Waals surface area contributed by atoms with Crippen LogP contribution in [0.1, 0.15) is 17.7 Å². The van der Waals surface area contributed by atoms with Crippen molar-refractivity contribution >= 4 is 21.8 Å². The van der Waals surface area contributed by atoms with Crippen LogP contribution in [0.2, 0.25) is 0 Å². The molecular weight excluding hydrogens is 462 g/mol. The van der Waals surface area contributed by atoms with Gasteiger partial charge in [0.15, 0.2) is 0 Å². The molecule has 0 radical (unpaired) electrons. The summed E-state index contributed by atoms with van der Waals surface area (Å²) in [6, 6.07) is 30.5. The molecule has 5 rings (SSSR count). The zero-order valence-electron chi connectivity index (χ0n) is 20.9. The first kappa shape index (κ1) is 25.0. The van der Waals surface area contributed by atoms with Gasteiger partial charge in [-0.25, -0.2) is 0 Å². The molecule has 0 aliphatic heterocycles. The number of aromatic nitrogens is 2. The Hall–Kier alpha value is -3.71. The fourth-order valence-corrected chi connectivity index (χ4v) is 4.89. The van der Waals surface area contributed by atoms with Crippen molar-refractivity contribution in [2.75, 3.05) is 19.7 Å². The summed E-state index contributed by atoms with van der Waals surface area (Å²) in [7, 11) is 0. The van der Waals surface area contributed by atoms with Gasteiger partial charge in [0, 0.05) is 54.2 Å². The van der Waals surface area contributed by atoms with E-state index in [0.29, 0.717) is 39.2 Å². The molecule has 0 fully saturated rings. The molecule has 0 saturated heterocycles. The predicted octanol–water partition coefficient (Wildman–Crippen LogP) is 5.01. The van der Waals surface area contributed by atoms with Gasteiger partial charge in [0.25, 0.3) is 0 Å². The maximum absolute atomic E-state index is 11.2. The highest BCUT2D eigenvalue weighted by Crippen LogP contribution is 2.29. The molecular formula is C31H33N3O3. The van der Waals surface area contributed by atoms with E-state index >= 15 is 0 Å². The number of hydrogen-bond donors (Lipinski definition) is 2. The molecule has 37 heavy (non-hydrogen) atoms. The Morgan fingerprint density at radius 3 is 2.16 bits per heavy atom. The normalized spacial score (nSPS) is 12.4. The molecule has 190 valence electrons. The lowest BCUT2D eigenvalue weighted by molar-refractivity contribution is 0.0921. The highest BCUT2D eigenvalue weighted by Gasteiger charge is 2.16. The molecule has 3 aromatic carbocycles. The van der Waals surface area contributed by atoms with E-state index in [-0.39, 0.29) is 6.61 Å².